The first-order chi connectivity index (χ1) is 11.8. The Morgan fingerprint density at radius 2 is 1.32 bits per heavy atom. The summed E-state index contributed by atoms with van der Waals surface area (Å²) < 4.78 is 0. The van der Waals surface area contributed by atoms with Crippen molar-refractivity contribution >= 4 is 5.69 Å². The highest BCUT2D eigenvalue weighted by atomic mass is 14.8. The minimum absolute atomic E-state index is 0.237. The maximum atomic E-state index is 6.26. The molecule has 2 fully saturated rings. The molecule has 4 bridgehead atoms. The number of hydrogen-bond donors (Lipinski definition) is 1. The van der Waals surface area contributed by atoms with Crippen molar-refractivity contribution < 1.29 is 0 Å². The molecule has 2 spiro atoms. The van der Waals surface area contributed by atoms with Crippen LogP contribution in [0.4, 0.5) is 5.69 Å². The monoisotopic (exact) mass is 331 g/mol. The van der Waals surface area contributed by atoms with Gasteiger partial charge in [-0.15, -0.1) is 0 Å². The molecular weight excluding hydrogens is 302 g/mol. The van der Waals surface area contributed by atoms with Gasteiger partial charge in [-0.2, -0.15) is 0 Å². The number of fused-ring (bicyclic) bond motifs is 5. The molecule has 6 unspecified atom stereocenters. The van der Waals surface area contributed by atoms with Crippen LogP contribution in [-0.4, -0.2) is 0 Å². The van der Waals surface area contributed by atoms with Gasteiger partial charge in [-0.3, -0.25) is 0 Å². The Bertz CT molecular complexity index is 872. The van der Waals surface area contributed by atoms with Gasteiger partial charge >= 0.3 is 0 Å². The average molecular weight is 332 g/mol. The van der Waals surface area contributed by atoms with Crippen molar-refractivity contribution in [2.24, 2.45) is 33.5 Å². The minimum Gasteiger partial charge on any atom is -0.399 e. The topological polar surface area (TPSA) is 26.0 Å². The fraction of sp³-hybridized carbons (Fsp3) is 0.583. The van der Waals surface area contributed by atoms with Gasteiger partial charge < -0.3 is 5.73 Å². The summed E-state index contributed by atoms with van der Waals surface area (Å²) in [4.78, 5) is 0. The summed E-state index contributed by atoms with van der Waals surface area (Å²) in [5.74, 6) is 2.67. The van der Waals surface area contributed by atoms with E-state index in [0.717, 1.165) is 5.69 Å². The molecule has 5 aliphatic rings. The third kappa shape index (κ3) is 1.15. The summed E-state index contributed by atoms with van der Waals surface area (Å²) in [6, 6.07) is 6.83. The number of anilines is 1. The number of nitrogens with two attached hydrogens (primary N) is 1. The van der Waals surface area contributed by atoms with Crippen molar-refractivity contribution in [1.29, 1.82) is 0 Å². The lowest BCUT2D eigenvalue weighted by molar-refractivity contribution is -0.0619. The molecule has 25 heavy (non-hydrogen) atoms. The third-order valence-corrected chi connectivity index (χ3v) is 9.79. The van der Waals surface area contributed by atoms with Gasteiger partial charge in [-0.1, -0.05) is 58.1 Å². The van der Waals surface area contributed by atoms with Crippen LogP contribution in [0.2, 0.25) is 0 Å². The van der Waals surface area contributed by atoms with Crippen LogP contribution in [0.1, 0.15) is 63.5 Å². The average Bonchev–Trinajstić information content (AvgIpc) is 3.16. The minimum atomic E-state index is 0.237. The second kappa shape index (κ2) is 3.77. The Morgan fingerprint density at radius 3 is 1.84 bits per heavy atom. The van der Waals surface area contributed by atoms with Crippen LogP contribution in [0.15, 0.2) is 42.5 Å². The highest BCUT2D eigenvalue weighted by Gasteiger charge is 2.79. The largest absolute Gasteiger partial charge is 0.399 e. The van der Waals surface area contributed by atoms with Gasteiger partial charge in [0, 0.05) is 16.5 Å². The zero-order valence-corrected chi connectivity index (χ0v) is 15.8. The molecule has 0 heterocycles. The maximum Gasteiger partial charge on any atom is 0.0317 e. The van der Waals surface area contributed by atoms with Crippen molar-refractivity contribution in [3.63, 3.8) is 0 Å². The Morgan fingerprint density at radius 1 is 0.800 bits per heavy atom. The molecule has 0 aromatic heterocycles. The molecule has 2 N–H and O–H groups in total. The maximum absolute atomic E-state index is 6.26. The first-order valence-electron chi connectivity index (χ1n) is 10.1. The Balaban J connectivity index is 1.76. The Hall–Kier alpha value is -1.50. The van der Waals surface area contributed by atoms with E-state index in [4.69, 9.17) is 5.73 Å². The molecule has 2 saturated carbocycles. The molecule has 6 atom stereocenters. The second-order valence-corrected chi connectivity index (χ2v) is 10.6. The Kier molecular flexibility index (Phi) is 2.21. The van der Waals surface area contributed by atoms with Crippen molar-refractivity contribution in [3.05, 3.63) is 53.6 Å². The van der Waals surface area contributed by atoms with Gasteiger partial charge in [-0.05, 0) is 70.6 Å². The van der Waals surface area contributed by atoms with Gasteiger partial charge in [0.15, 0.2) is 0 Å². The number of allylic oxidation sites excluding steroid dienone is 4. The predicted molar refractivity (Wildman–Crippen MR) is 103 cm³/mol. The molecule has 1 nitrogen and oxygen atoms in total. The van der Waals surface area contributed by atoms with E-state index in [-0.39, 0.29) is 10.8 Å². The molecule has 5 aliphatic carbocycles. The van der Waals surface area contributed by atoms with Crippen molar-refractivity contribution in [2.45, 2.75) is 52.4 Å². The van der Waals surface area contributed by atoms with E-state index in [9.17, 15) is 0 Å². The smallest absolute Gasteiger partial charge is 0.0317 e. The summed E-state index contributed by atoms with van der Waals surface area (Å²) in [5, 5.41) is 0. The normalized spacial score (nSPS) is 48.5. The molecule has 1 aromatic rings. The van der Waals surface area contributed by atoms with Gasteiger partial charge in [0.25, 0.3) is 0 Å². The molecule has 0 aliphatic heterocycles. The van der Waals surface area contributed by atoms with Crippen LogP contribution in [0.25, 0.3) is 0 Å². The summed E-state index contributed by atoms with van der Waals surface area (Å²) in [7, 11) is 0. The molecule has 0 radical (unpaired) electrons. The number of benzene rings is 1. The van der Waals surface area contributed by atoms with Gasteiger partial charge in [0.2, 0.25) is 0 Å². The quantitative estimate of drug-likeness (QED) is 0.482. The first-order valence-corrected chi connectivity index (χ1v) is 10.1. The van der Waals surface area contributed by atoms with Crippen molar-refractivity contribution in [3.8, 4) is 0 Å². The highest BCUT2D eigenvalue weighted by molar-refractivity contribution is 5.58. The van der Waals surface area contributed by atoms with Crippen LogP contribution in [0.5, 0.6) is 0 Å². The second-order valence-electron chi connectivity index (χ2n) is 10.6. The zero-order chi connectivity index (χ0) is 17.4. The van der Waals surface area contributed by atoms with E-state index in [1.165, 1.54) is 12.8 Å². The molecule has 0 amide bonds. The number of nitrogen functional groups attached to an aromatic ring is 1. The van der Waals surface area contributed by atoms with E-state index in [0.29, 0.717) is 34.5 Å². The lowest BCUT2D eigenvalue weighted by Crippen LogP contribution is -2.57. The van der Waals surface area contributed by atoms with Crippen LogP contribution in [0, 0.1) is 33.5 Å². The molecule has 1 aromatic carbocycles. The van der Waals surface area contributed by atoms with Crippen molar-refractivity contribution in [1.82, 2.24) is 0 Å². The molecular formula is C24H29N. The summed E-state index contributed by atoms with van der Waals surface area (Å²) in [6.45, 7) is 10.2. The van der Waals surface area contributed by atoms with Crippen molar-refractivity contribution in [2.75, 3.05) is 5.73 Å². The lowest BCUT2D eigenvalue weighted by Gasteiger charge is -2.63. The number of hydrogen-bond acceptors (Lipinski definition) is 1. The van der Waals surface area contributed by atoms with E-state index in [1.807, 2.05) is 0 Å². The van der Waals surface area contributed by atoms with Crippen LogP contribution >= 0.6 is 0 Å². The summed E-state index contributed by atoms with van der Waals surface area (Å²) in [5.41, 5.74) is 11.5. The zero-order valence-electron chi connectivity index (χ0n) is 15.8. The van der Waals surface area contributed by atoms with E-state index < -0.39 is 0 Å². The predicted octanol–water partition coefficient (Wildman–Crippen LogP) is 5.65. The summed E-state index contributed by atoms with van der Waals surface area (Å²) >= 11 is 0. The molecule has 1 heteroatoms. The fourth-order valence-electron chi connectivity index (χ4n) is 8.69. The van der Waals surface area contributed by atoms with E-state index >= 15 is 0 Å². The lowest BCUT2D eigenvalue weighted by atomic mass is 9.40. The van der Waals surface area contributed by atoms with Crippen LogP contribution in [-0.2, 0) is 0 Å². The first kappa shape index (κ1) is 14.6. The van der Waals surface area contributed by atoms with Gasteiger partial charge in [-0.25, -0.2) is 0 Å². The van der Waals surface area contributed by atoms with Gasteiger partial charge in [0.05, 0.1) is 0 Å². The van der Waals surface area contributed by atoms with Crippen LogP contribution < -0.4 is 5.73 Å². The molecule has 0 saturated heterocycles. The van der Waals surface area contributed by atoms with E-state index in [1.54, 1.807) is 11.1 Å². The fourth-order valence-corrected chi connectivity index (χ4v) is 8.69. The highest BCUT2D eigenvalue weighted by Crippen LogP contribution is 2.87. The molecule has 130 valence electrons. The SMILES string of the molecule is CC1(C)C2C=CC13C(C2)c1ccc(N)cc1C1CC2C=CC13C2(C)C. The summed E-state index contributed by atoms with van der Waals surface area (Å²) in [6.07, 6.45) is 13.1. The number of rotatable bonds is 0. The standard InChI is InChI=1S/C24H29N/c1-21(2)14-7-9-23(21)19(11-14)17-6-5-16(25)13-18(17)20-12-15-8-10-24(20,23)22(15,3)4/h5-10,13-15,19-20H,11-12,25H2,1-4H3. The Labute approximate surface area is 151 Å². The van der Waals surface area contributed by atoms with E-state index in [2.05, 4.69) is 70.2 Å². The third-order valence-electron chi connectivity index (χ3n) is 9.79. The molecule has 6 rings (SSSR count). The van der Waals surface area contributed by atoms with Crippen LogP contribution in [0.3, 0.4) is 0 Å². The van der Waals surface area contributed by atoms with Gasteiger partial charge in [0.1, 0.15) is 0 Å².